The summed E-state index contributed by atoms with van der Waals surface area (Å²) >= 11 is 0. The molecule has 0 aliphatic heterocycles. The predicted molar refractivity (Wildman–Crippen MR) is 78.2 cm³/mol. The Hall–Kier alpha value is -1.35. The van der Waals surface area contributed by atoms with E-state index in [1.54, 1.807) is 0 Å². The minimum absolute atomic E-state index is 0.0918. The Bertz CT molecular complexity index is 417. The molecule has 0 heterocycles. The van der Waals surface area contributed by atoms with Crippen molar-refractivity contribution in [2.24, 2.45) is 5.41 Å². The molecule has 0 aromatic heterocycles. The summed E-state index contributed by atoms with van der Waals surface area (Å²) in [5.41, 5.74) is 2.31. The van der Waals surface area contributed by atoms with Gasteiger partial charge in [-0.2, -0.15) is 0 Å². The van der Waals surface area contributed by atoms with E-state index >= 15 is 0 Å². The van der Waals surface area contributed by atoms with Crippen LogP contribution in [0.2, 0.25) is 0 Å². The Balaban J connectivity index is 2.65. The molecule has 3 nitrogen and oxygen atoms in total. The molecule has 0 amide bonds. The number of carbonyl (C=O) groups is 1. The molecule has 3 heteroatoms. The van der Waals surface area contributed by atoms with Gasteiger partial charge in [0, 0.05) is 12.6 Å². The summed E-state index contributed by atoms with van der Waals surface area (Å²) in [6.45, 7) is 9.84. The molecule has 1 aromatic rings. The fourth-order valence-electron chi connectivity index (χ4n) is 2.02. The first-order valence-corrected chi connectivity index (χ1v) is 6.70. The van der Waals surface area contributed by atoms with Gasteiger partial charge in [-0.05, 0) is 30.5 Å². The average molecular weight is 263 g/mol. The molecule has 1 rings (SSSR count). The summed E-state index contributed by atoms with van der Waals surface area (Å²) in [5.74, 6) is -0.786. The molecule has 106 valence electrons. The van der Waals surface area contributed by atoms with Crippen molar-refractivity contribution in [2.75, 3.05) is 7.05 Å². The minimum atomic E-state index is -0.786. The second-order valence-electron chi connectivity index (χ2n) is 6.34. The summed E-state index contributed by atoms with van der Waals surface area (Å²) in [7, 11) is 2.13. The van der Waals surface area contributed by atoms with Gasteiger partial charge in [0.1, 0.15) is 0 Å². The van der Waals surface area contributed by atoms with Gasteiger partial charge >= 0.3 is 5.97 Å². The van der Waals surface area contributed by atoms with Crippen LogP contribution in [-0.2, 0) is 17.8 Å². The van der Waals surface area contributed by atoms with E-state index in [0.29, 0.717) is 6.04 Å². The Labute approximate surface area is 116 Å². The molecule has 1 aromatic carbocycles. The molecule has 0 bridgehead atoms. The highest BCUT2D eigenvalue weighted by Crippen LogP contribution is 2.24. The van der Waals surface area contributed by atoms with Crippen molar-refractivity contribution in [3.05, 3.63) is 35.4 Å². The van der Waals surface area contributed by atoms with E-state index in [4.69, 9.17) is 5.11 Å². The highest BCUT2D eigenvalue weighted by atomic mass is 16.4. The normalized spacial score (nSPS) is 13.6. The van der Waals surface area contributed by atoms with E-state index in [9.17, 15) is 4.79 Å². The van der Waals surface area contributed by atoms with Gasteiger partial charge in [0.15, 0.2) is 0 Å². The number of hydrogen-bond donors (Lipinski definition) is 1. The molecule has 1 unspecified atom stereocenters. The second-order valence-corrected chi connectivity index (χ2v) is 6.34. The van der Waals surface area contributed by atoms with E-state index < -0.39 is 5.97 Å². The average Bonchev–Trinajstić information content (AvgIpc) is 2.28. The zero-order valence-corrected chi connectivity index (χ0v) is 12.6. The van der Waals surface area contributed by atoms with Gasteiger partial charge in [0.25, 0.3) is 0 Å². The van der Waals surface area contributed by atoms with Crippen LogP contribution in [-0.4, -0.2) is 29.1 Å². The molecule has 0 aliphatic carbocycles. The maximum Gasteiger partial charge on any atom is 0.307 e. The summed E-state index contributed by atoms with van der Waals surface area (Å²) in [6.07, 6.45) is 0.0918. The van der Waals surface area contributed by atoms with Gasteiger partial charge in [-0.1, -0.05) is 45.0 Å². The van der Waals surface area contributed by atoms with Crippen LogP contribution in [0.5, 0.6) is 0 Å². The Morgan fingerprint density at radius 3 is 2.11 bits per heavy atom. The van der Waals surface area contributed by atoms with Gasteiger partial charge in [-0.3, -0.25) is 9.69 Å². The lowest BCUT2D eigenvalue weighted by molar-refractivity contribution is -0.136. The largest absolute Gasteiger partial charge is 0.481 e. The van der Waals surface area contributed by atoms with Crippen molar-refractivity contribution in [1.82, 2.24) is 4.90 Å². The van der Waals surface area contributed by atoms with Gasteiger partial charge in [0.2, 0.25) is 0 Å². The van der Waals surface area contributed by atoms with Crippen LogP contribution in [0, 0.1) is 5.41 Å². The van der Waals surface area contributed by atoms with E-state index in [1.165, 1.54) is 5.56 Å². The van der Waals surface area contributed by atoms with Crippen LogP contribution in [0.15, 0.2) is 24.3 Å². The number of aliphatic carboxylic acids is 1. The number of benzene rings is 1. The van der Waals surface area contributed by atoms with Crippen LogP contribution in [0.4, 0.5) is 0 Å². The Kier molecular flexibility index (Phi) is 5.12. The summed E-state index contributed by atoms with van der Waals surface area (Å²) in [6, 6.07) is 8.32. The molecule has 19 heavy (non-hydrogen) atoms. The second kappa shape index (κ2) is 6.20. The zero-order chi connectivity index (χ0) is 14.6. The molecular formula is C16H25NO2. The van der Waals surface area contributed by atoms with Gasteiger partial charge in [0.05, 0.1) is 6.42 Å². The molecular weight excluding hydrogens is 238 g/mol. The number of carboxylic acid groups (broad SMARTS) is 1. The molecule has 1 N–H and O–H groups in total. The fourth-order valence-corrected chi connectivity index (χ4v) is 2.02. The van der Waals surface area contributed by atoms with Gasteiger partial charge in [-0.25, -0.2) is 0 Å². The lowest BCUT2D eigenvalue weighted by Crippen LogP contribution is -2.38. The van der Waals surface area contributed by atoms with E-state index in [1.807, 2.05) is 24.3 Å². The predicted octanol–water partition coefficient (Wildman–Crippen LogP) is 3.18. The molecule has 1 atom stereocenters. The molecule has 0 saturated carbocycles. The van der Waals surface area contributed by atoms with Crippen molar-refractivity contribution >= 4 is 5.97 Å². The highest BCUT2D eigenvalue weighted by molar-refractivity contribution is 5.70. The molecule has 0 spiro atoms. The third kappa shape index (κ3) is 5.03. The monoisotopic (exact) mass is 263 g/mol. The Morgan fingerprint density at radius 2 is 1.68 bits per heavy atom. The van der Waals surface area contributed by atoms with Crippen molar-refractivity contribution in [1.29, 1.82) is 0 Å². The smallest absolute Gasteiger partial charge is 0.307 e. The van der Waals surface area contributed by atoms with Gasteiger partial charge in [-0.15, -0.1) is 0 Å². The summed E-state index contributed by atoms with van der Waals surface area (Å²) in [4.78, 5) is 12.9. The van der Waals surface area contributed by atoms with Crippen molar-refractivity contribution in [2.45, 2.75) is 46.7 Å². The fraction of sp³-hybridized carbons (Fsp3) is 0.562. The lowest BCUT2D eigenvalue weighted by Gasteiger charge is -2.35. The van der Waals surface area contributed by atoms with Crippen LogP contribution >= 0.6 is 0 Å². The van der Waals surface area contributed by atoms with Crippen LogP contribution in [0.25, 0.3) is 0 Å². The number of hydrogen-bond acceptors (Lipinski definition) is 2. The third-order valence-electron chi connectivity index (χ3n) is 3.72. The van der Waals surface area contributed by atoms with Crippen molar-refractivity contribution in [3.63, 3.8) is 0 Å². The van der Waals surface area contributed by atoms with Crippen LogP contribution < -0.4 is 0 Å². The minimum Gasteiger partial charge on any atom is -0.481 e. The molecule has 0 radical (unpaired) electrons. The number of nitrogens with zero attached hydrogens (tertiary/aromatic N) is 1. The van der Waals surface area contributed by atoms with Crippen LogP contribution in [0.1, 0.15) is 38.8 Å². The third-order valence-corrected chi connectivity index (χ3v) is 3.72. The molecule has 0 fully saturated rings. The van der Waals surface area contributed by atoms with Crippen molar-refractivity contribution < 1.29 is 9.90 Å². The summed E-state index contributed by atoms with van der Waals surface area (Å²) < 4.78 is 0. The standard InChI is InChI=1S/C16H25NO2/c1-12(16(2,3)4)17(5)11-14-8-6-13(7-9-14)10-15(18)19/h6-9,12H,10-11H2,1-5H3,(H,18,19). The van der Waals surface area contributed by atoms with Crippen molar-refractivity contribution in [3.8, 4) is 0 Å². The summed E-state index contributed by atoms with van der Waals surface area (Å²) in [5, 5.41) is 8.74. The van der Waals surface area contributed by atoms with Gasteiger partial charge < -0.3 is 5.11 Å². The first-order chi connectivity index (χ1) is 8.70. The van der Waals surface area contributed by atoms with E-state index in [-0.39, 0.29) is 11.8 Å². The molecule has 0 aliphatic rings. The molecule has 0 saturated heterocycles. The maximum absolute atomic E-state index is 10.6. The van der Waals surface area contributed by atoms with E-state index in [2.05, 4.69) is 39.6 Å². The number of rotatable bonds is 5. The number of carboxylic acids is 1. The maximum atomic E-state index is 10.6. The lowest BCUT2D eigenvalue weighted by atomic mass is 9.87. The first kappa shape index (κ1) is 15.7. The SMILES string of the molecule is CC(N(C)Cc1ccc(CC(=O)O)cc1)C(C)(C)C. The highest BCUT2D eigenvalue weighted by Gasteiger charge is 2.23. The first-order valence-electron chi connectivity index (χ1n) is 6.70. The van der Waals surface area contributed by atoms with E-state index in [0.717, 1.165) is 12.1 Å². The Morgan fingerprint density at radius 1 is 1.21 bits per heavy atom. The van der Waals surface area contributed by atoms with Crippen LogP contribution in [0.3, 0.4) is 0 Å². The quantitative estimate of drug-likeness (QED) is 0.887. The zero-order valence-electron chi connectivity index (χ0n) is 12.6. The topological polar surface area (TPSA) is 40.5 Å².